The zero-order valence-electron chi connectivity index (χ0n) is 23.9. The van der Waals surface area contributed by atoms with Crippen molar-refractivity contribution in [1.82, 2.24) is 34.4 Å². The quantitative estimate of drug-likeness (QED) is 0.308. The van der Waals surface area contributed by atoms with Gasteiger partial charge in [-0.2, -0.15) is 5.10 Å². The Morgan fingerprint density at radius 3 is 2.67 bits per heavy atom. The lowest BCUT2D eigenvalue weighted by Crippen LogP contribution is -2.50. The van der Waals surface area contributed by atoms with E-state index in [4.69, 9.17) is 14.5 Å². The summed E-state index contributed by atoms with van der Waals surface area (Å²) in [6.45, 7) is 9.00. The number of amides is 1. The first-order valence-corrected chi connectivity index (χ1v) is 13.9. The molecule has 1 N–H and O–H groups in total. The van der Waals surface area contributed by atoms with E-state index in [1.807, 2.05) is 81.3 Å². The molecule has 0 spiro atoms. The average molecular weight is 566 g/mol. The highest BCUT2D eigenvalue weighted by molar-refractivity contribution is 5.88. The van der Waals surface area contributed by atoms with Crippen molar-refractivity contribution in [1.29, 1.82) is 0 Å². The third-order valence-corrected chi connectivity index (χ3v) is 7.55. The molecule has 5 aromatic rings. The maximum atomic E-state index is 12.7. The number of hydrogen-bond acceptors (Lipinski definition) is 10. The fourth-order valence-corrected chi connectivity index (χ4v) is 5.64. The molecule has 1 aromatic carbocycles. The maximum Gasteiger partial charge on any atom is 0.410 e. The number of carbonyl (C=O) groups is 1. The van der Waals surface area contributed by atoms with Gasteiger partial charge in [-0.05, 0) is 76.1 Å². The van der Waals surface area contributed by atoms with Crippen LogP contribution in [0.25, 0.3) is 16.7 Å². The Bertz CT molecular complexity index is 1820. The summed E-state index contributed by atoms with van der Waals surface area (Å²) in [6.07, 6.45) is 5.51. The third-order valence-electron chi connectivity index (χ3n) is 7.55. The number of benzene rings is 1. The summed E-state index contributed by atoms with van der Waals surface area (Å²) in [4.78, 5) is 35.0. The summed E-state index contributed by atoms with van der Waals surface area (Å²) in [5.74, 6) is 2.89. The number of aryl methyl sites for hydroxylation is 1. The minimum atomic E-state index is -0.513. The molecule has 2 aliphatic rings. The number of hydrogen-bond donors (Lipinski definition) is 1. The van der Waals surface area contributed by atoms with E-state index in [-0.39, 0.29) is 18.2 Å². The van der Waals surface area contributed by atoms with Gasteiger partial charge in [0.15, 0.2) is 11.5 Å². The Morgan fingerprint density at radius 1 is 1.00 bits per heavy atom. The van der Waals surface area contributed by atoms with Crippen molar-refractivity contribution < 1.29 is 14.3 Å². The second-order valence-electron chi connectivity index (χ2n) is 11.7. The largest absolute Gasteiger partial charge is 0.457 e. The van der Waals surface area contributed by atoms with Crippen molar-refractivity contribution >= 4 is 40.1 Å². The van der Waals surface area contributed by atoms with Crippen molar-refractivity contribution in [2.24, 2.45) is 0 Å². The van der Waals surface area contributed by atoms with Crippen LogP contribution in [0.2, 0.25) is 0 Å². The van der Waals surface area contributed by atoms with Crippen LogP contribution in [-0.4, -0.2) is 71.3 Å². The van der Waals surface area contributed by atoms with E-state index < -0.39 is 5.60 Å². The summed E-state index contributed by atoms with van der Waals surface area (Å²) in [5, 5.41) is 7.54. The fourth-order valence-electron chi connectivity index (χ4n) is 5.64. The molecule has 0 saturated carbocycles. The highest BCUT2D eigenvalue weighted by Crippen LogP contribution is 2.36. The van der Waals surface area contributed by atoms with Gasteiger partial charge in [-0.3, -0.25) is 0 Å². The van der Waals surface area contributed by atoms with E-state index >= 15 is 0 Å². The van der Waals surface area contributed by atoms with E-state index in [9.17, 15) is 4.79 Å². The van der Waals surface area contributed by atoms with Crippen molar-refractivity contribution in [2.45, 2.75) is 51.8 Å². The van der Waals surface area contributed by atoms with Gasteiger partial charge in [0, 0.05) is 31.0 Å². The number of anilines is 3. The van der Waals surface area contributed by atoms with Gasteiger partial charge >= 0.3 is 6.09 Å². The number of rotatable bonds is 5. The molecule has 2 unspecified atom stereocenters. The lowest BCUT2D eigenvalue weighted by Gasteiger charge is -2.35. The predicted molar refractivity (Wildman–Crippen MR) is 157 cm³/mol. The molecule has 12 heteroatoms. The lowest BCUT2D eigenvalue weighted by molar-refractivity contribution is 0.0214. The van der Waals surface area contributed by atoms with E-state index in [2.05, 4.69) is 30.3 Å². The minimum absolute atomic E-state index is 0.106. The van der Waals surface area contributed by atoms with Crippen LogP contribution in [-0.2, 0) is 4.74 Å². The van der Waals surface area contributed by atoms with Crippen LogP contribution in [0, 0.1) is 6.92 Å². The van der Waals surface area contributed by atoms with Gasteiger partial charge in [-0.15, -0.1) is 0 Å². The van der Waals surface area contributed by atoms with Crippen LogP contribution in [0.5, 0.6) is 11.5 Å². The molecule has 1 amide bonds. The van der Waals surface area contributed by atoms with Gasteiger partial charge < -0.3 is 24.6 Å². The number of aromatic nitrogens is 6. The first-order valence-electron chi connectivity index (χ1n) is 13.9. The molecule has 0 radical (unpaired) electrons. The Balaban J connectivity index is 1.08. The summed E-state index contributed by atoms with van der Waals surface area (Å²) in [7, 11) is 0. The molecule has 2 atom stereocenters. The van der Waals surface area contributed by atoms with Crippen molar-refractivity contribution in [3.63, 3.8) is 0 Å². The zero-order valence-corrected chi connectivity index (χ0v) is 23.9. The molecule has 2 fully saturated rings. The van der Waals surface area contributed by atoms with Crippen molar-refractivity contribution in [2.75, 3.05) is 23.3 Å². The van der Waals surface area contributed by atoms with Crippen molar-refractivity contribution in [3.05, 3.63) is 66.9 Å². The van der Waals surface area contributed by atoms with Gasteiger partial charge in [-0.25, -0.2) is 29.2 Å². The normalized spacial score (nSPS) is 18.2. The molecule has 6 heterocycles. The summed E-state index contributed by atoms with van der Waals surface area (Å²) < 4.78 is 13.4. The molecule has 12 nitrogen and oxygen atoms in total. The number of carbonyl (C=O) groups excluding carboxylic acids is 1. The molecule has 42 heavy (non-hydrogen) atoms. The topological polar surface area (TPSA) is 123 Å². The smallest absolute Gasteiger partial charge is 0.410 e. The molecular formula is C30H31N9O3. The first-order chi connectivity index (χ1) is 20.2. The Hall–Kier alpha value is -5.00. The van der Waals surface area contributed by atoms with E-state index in [0.717, 1.165) is 34.8 Å². The number of pyridine rings is 2. The van der Waals surface area contributed by atoms with Gasteiger partial charge in [0.25, 0.3) is 0 Å². The highest BCUT2D eigenvalue weighted by Gasteiger charge is 2.47. The molecule has 2 saturated heterocycles. The zero-order chi connectivity index (χ0) is 29.0. The average Bonchev–Trinajstić information content (AvgIpc) is 3.70. The van der Waals surface area contributed by atoms with Gasteiger partial charge in [0.2, 0.25) is 0 Å². The van der Waals surface area contributed by atoms with E-state index in [1.165, 1.54) is 12.7 Å². The number of piperazine rings is 1. The van der Waals surface area contributed by atoms with Crippen LogP contribution in [0.4, 0.5) is 22.1 Å². The summed E-state index contributed by atoms with van der Waals surface area (Å²) >= 11 is 0. The highest BCUT2D eigenvalue weighted by atomic mass is 16.6. The van der Waals surface area contributed by atoms with Crippen LogP contribution in [0.3, 0.4) is 0 Å². The second kappa shape index (κ2) is 9.82. The molecular weight excluding hydrogens is 534 g/mol. The van der Waals surface area contributed by atoms with Gasteiger partial charge in [-0.1, -0.05) is 0 Å². The lowest BCUT2D eigenvalue weighted by atomic mass is 10.2. The number of nitrogens with zero attached hydrogens (tertiary/aromatic N) is 8. The molecule has 7 rings (SSSR count). The number of ether oxygens (including phenoxy) is 2. The standard InChI is InChI=1S/C30H31N9O3/c1-18-11-19(5-7-24(18)41-22-9-10-39-26(13-22)32-17-34-39)35-28-27-23(31-16-33-28)6-8-25(36-27)37-14-21-12-20(37)15-38(21)29(40)42-30(2,3)4/h5-11,13,16-17,20-21H,12,14-15H2,1-4H3,(H,31,33,35). The summed E-state index contributed by atoms with van der Waals surface area (Å²) in [5.41, 5.74) is 3.44. The van der Waals surface area contributed by atoms with E-state index in [0.29, 0.717) is 35.8 Å². The van der Waals surface area contributed by atoms with Gasteiger partial charge in [0.05, 0.1) is 17.6 Å². The number of nitrogens with one attached hydrogen (secondary N) is 1. The fraction of sp³-hybridized carbons (Fsp3) is 0.333. The van der Waals surface area contributed by atoms with Crippen LogP contribution in [0.15, 0.2) is 61.3 Å². The molecule has 214 valence electrons. The monoisotopic (exact) mass is 565 g/mol. The van der Waals surface area contributed by atoms with Crippen LogP contribution >= 0.6 is 0 Å². The molecule has 4 aromatic heterocycles. The Labute approximate surface area is 242 Å². The first kappa shape index (κ1) is 25.9. The molecule has 0 aliphatic carbocycles. The third kappa shape index (κ3) is 4.89. The Kier molecular flexibility index (Phi) is 6.07. The molecule has 2 bridgehead atoms. The number of likely N-dealkylation sites (tertiary alicyclic amines) is 1. The van der Waals surface area contributed by atoms with Crippen molar-refractivity contribution in [3.8, 4) is 11.5 Å². The van der Waals surface area contributed by atoms with Crippen LogP contribution in [0.1, 0.15) is 32.8 Å². The second-order valence-corrected chi connectivity index (χ2v) is 11.7. The minimum Gasteiger partial charge on any atom is -0.457 e. The predicted octanol–water partition coefficient (Wildman–Crippen LogP) is 5.11. The van der Waals surface area contributed by atoms with Crippen LogP contribution < -0.4 is 15.0 Å². The van der Waals surface area contributed by atoms with Gasteiger partial charge in [0.1, 0.15) is 41.1 Å². The summed E-state index contributed by atoms with van der Waals surface area (Å²) in [6, 6.07) is 13.8. The van der Waals surface area contributed by atoms with E-state index in [1.54, 1.807) is 4.52 Å². The SMILES string of the molecule is Cc1cc(Nc2ncnc3ccc(N4CC5CC4CN5C(=O)OC(C)(C)C)nc23)ccc1Oc1ccn2ncnc2c1. The Morgan fingerprint density at radius 2 is 1.88 bits per heavy atom. The molecule has 2 aliphatic heterocycles. The maximum absolute atomic E-state index is 12.7. The number of fused-ring (bicyclic) bond motifs is 4.